The van der Waals surface area contributed by atoms with Crippen molar-refractivity contribution in [2.24, 2.45) is 11.3 Å². The molecule has 1 amide bonds. The van der Waals surface area contributed by atoms with Crippen molar-refractivity contribution < 1.29 is 29.4 Å². The van der Waals surface area contributed by atoms with Gasteiger partial charge in [0.25, 0.3) is 5.91 Å². The molecule has 5 aliphatic rings. The highest BCUT2D eigenvalue weighted by Gasteiger charge is 2.68. The van der Waals surface area contributed by atoms with Gasteiger partial charge in [-0.3, -0.25) is 14.4 Å². The standard InChI is InChI=1S/C27H27NO6S/c1-14-9-19-20(30)11-18-17-10-15-5-3-6-16(15)24(17)28(25(33)22-7-4-8-35-22)34-27(18,23(32)13-29)26(19,2)12-21(14)31/h4,7-9,11,14,21,29,31H,3,5-6,10,12-13H2,1-2H3/t14-,21-,26-,27+/m0/s1. The molecule has 4 aliphatic carbocycles. The van der Waals surface area contributed by atoms with Crippen LogP contribution >= 0.6 is 11.3 Å². The average Bonchev–Trinajstić information content (AvgIpc) is 3.58. The second kappa shape index (κ2) is 7.67. The van der Waals surface area contributed by atoms with Crippen molar-refractivity contribution in [1.82, 2.24) is 5.06 Å². The minimum Gasteiger partial charge on any atom is -0.392 e. The first kappa shape index (κ1) is 22.8. The highest BCUT2D eigenvalue weighted by Crippen LogP contribution is 2.62. The van der Waals surface area contributed by atoms with Crippen LogP contribution in [0.3, 0.4) is 0 Å². The summed E-state index contributed by atoms with van der Waals surface area (Å²) in [5.41, 5.74) is 1.35. The van der Waals surface area contributed by atoms with Crippen LogP contribution in [0.15, 0.2) is 63.2 Å². The monoisotopic (exact) mass is 493 g/mol. The molecule has 7 nitrogen and oxygen atoms in total. The zero-order valence-electron chi connectivity index (χ0n) is 19.7. The van der Waals surface area contributed by atoms with E-state index in [2.05, 4.69) is 0 Å². The van der Waals surface area contributed by atoms with Gasteiger partial charge in [0.1, 0.15) is 6.61 Å². The van der Waals surface area contributed by atoms with Crippen LogP contribution in [0.5, 0.6) is 0 Å². The number of rotatable bonds is 3. The molecule has 0 spiro atoms. The molecule has 0 saturated heterocycles. The Morgan fingerprint density at radius 2 is 2.06 bits per heavy atom. The lowest BCUT2D eigenvalue weighted by Crippen LogP contribution is -2.66. The Bertz CT molecular complexity index is 1300. The summed E-state index contributed by atoms with van der Waals surface area (Å²) in [7, 11) is 0. The minimum atomic E-state index is -1.81. The number of aliphatic hydroxyl groups excluding tert-OH is 2. The van der Waals surface area contributed by atoms with Crippen LogP contribution in [-0.4, -0.2) is 51.1 Å². The van der Waals surface area contributed by atoms with E-state index in [0.717, 1.165) is 30.4 Å². The highest BCUT2D eigenvalue weighted by molar-refractivity contribution is 7.12. The van der Waals surface area contributed by atoms with E-state index in [9.17, 15) is 24.6 Å². The van der Waals surface area contributed by atoms with E-state index >= 15 is 0 Å². The zero-order chi connectivity index (χ0) is 24.7. The number of amides is 1. The Hall–Kier alpha value is -2.65. The van der Waals surface area contributed by atoms with Crippen molar-refractivity contribution in [3.05, 3.63) is 68.1 Å². The van der Waals surface area contributed by atoms with Crippen LogP contribution in [0.1, 0.15) is 55.6 Å². The Kier molecular flexibility index (Phi) is 5.00. The highest BCUT2D eigenvalue weighted by atomic mass is 32.1. The molecule has 8 heteroatoms. The van der Waals surface area contributed by atoms with Crippen molar-refractivity contribution in [3.63, 3.8) is 0 Å². The van der Waals surface area contributed by atoms with Gasteiger partial charge in [0.2, 0.25) is 0 Å². The van der Waals surface area contributed by atoms with E-state index in [4.69, 9.17) is 4.84 Å². The number of carbonyl (C=O) groups excluding carboxylic acids is 3. The second-order valence-corrected chi connectivity index (χ2v) is 11.3. The Labute approximate surface area is 207 Å². The topological polar surface area (TPSA) is 104 Å². The summed E-state index contributed by atoms with van der Waals surface area (Å²) in [5.74, 6) is -1.51. The van der Waals surface area contributed by atoms with Crippen LogP contribution in [-0.2, 0) is 14.4 Å². The summed E-state index contributed by atoms with van der Waals surface area (Å²) in [6, 6.07) is 3.50. The zero-order valence-corrected chi connectivity index (χ0v) is 20.5. The van der Waals surface area contributed by atoms with Crippen LogP contribution in [0.25, 0.3) is 0 Å². The van der Waals surface area contributed by atoms with Gasteiger partial charge in [-0.2, -0.15) is 5.06 Å². The van der Waals surface area contributed by atoms with Crippen molar-refractivity contribution >= 4 is 28.8 Å². The fourth-order valence-corrected chi connectivity index (χ4v) is 7.34. The Morgan fingerprint density at radius 1 is 1.26 bits per heavy atom. The van der Waals surface area contributed by atoms with Gasteiger partial charge in [-0.25, -0.2) is 4.84 Å². The molecule has 4 atom stereocenters. The first-order valence-electron chi connectivity index (χ1n) is 12.1. The fraction of sp³-hybridized carbons (Fsp3) is 0.444. The molecule has 1 aliphatic heterocycles. The van der Waals surface area contributed by atoms with E-state index in [1.165, 1.54) is 28.0 Å². The van der Waals surface area contributed by atoms with Crippen LogP contribution < -0.4 is 0 Å². The van der Waals surface area contributed by atoms with E-state index < -0.39 is 29.5 Å². The molecule has 1 aromatic heterocycles. The molecule has 182 valence electrons. The molecule has 0 fully saturated rings. The Balaban J connectivity index is 1.64. The largest absolute Gasteiger partial charge is 0.392 e. The number of hydrogen-bond donors (Lipinski definition) is 2. The third kappa shape index (κ3) is 2.85. The molecular weight excluding hydrogens is 466 g/mol. The lowest BCUT2D eigenvalue weighted by molar-refractivity contribution is -0.228. The molecule has 2 N–H and O–H groups in total. The van der Waals surface area contributed by atoms with Crippen LogP contribution in [0.4, 0.5) is 0 Å². The van der Waals surface area contributed by atoms with Gasteiger partial charge in [0, 0.05) is 22.5 Å². The average molecular weight is 494 g/mol. The normalized spacial score (nSPS) is 33.7. The maximum Gasteiger partial charge on any atom is 0.292 e. The number of ketones is 2. The smallest absolute Gasteiger partial charge is 0.292 e. The molecular formula is C27H27NO6S. The molecule has 35 heavy (non-hydrogen) atoms. The first-order valence-corrected chi connectivity index (χ1v) is 12.9. The third-order valence-electron chi connectivity index (χ3n) is 8.45. The number of hydroxylamine groups is 2. The van der Waals surface area contributed by atoms with Crippen molar-refractivity contribution in [2.75, 3.05) is 6.61 Å². The SMILES string of the molecule is C[C@H]1C=C2C(=O)C=C3C4=C(C5=C(CCC5)C4)N(C(=O)c4cccs4)O[C@]3(C(=O)CO)[C@@]2(C)C[C@@H]1O. The molecule has 2 heterocycles. The number of nitrogens with zero attached hydrogens (tertiary/aromatic N) is 1. The summed E-state index contributed by atoms with van der Waals surface area (Å²) in [6.45, 7) is 2.74. The minimum absolute atomic E-state index is 0.0889. The first-order chi connectivity index (χ1) is 16.7. The van der Waals surface area contributed by atoms with E-state index in [-0.39, 0.29) is 24.0 Å². The predicted octanol–water partition coefficient (Wildman–Crippen LogP) is 3.42. The third-order valence-corrected chi connectivity index (χ3v) is 9.31. The number of carbonyl (C=O) groups is 3. The molecule has 1 aromatic rings. The second-order valence-electron chi connectivity index (χ2n) is 10.3. The molecule has 0 bridgehead atoms. The van der Waals surface area contributed by atoms with Gasteiger partial charge in [0.05, 0.1) is 16.7 Å². The number of fused-ring (bicyclic) bond motifs is 5. The van der Waals surface area contributed by atoms with Gasteiger partial charge in [-0.05, 0) is 60.8 Å². The molecule has 6 rings (SSSR count). The van der Waals surface area contributed by atoms with Gasteiger partial charge < -0.3 is 10.2 Å². The van der Waals surface area contributed by atoms with Crippen molar-refractivity contribution in [3.8, 4) is 0 Å². The van der Waals surface area contributed by atoms with E-state index in [0.29, 0.717) is 28.1 Å². The number of allylic oxidation sites excluding steroid dienone is 3. The molecule has 0 unspecified atom stereocenters. The van der Waals surface area contributed by atoms with Gasteiger partial charge >= 0.3 is 0 Å². The summed E-state index contributed by atoms with van der Waals surface area (Å²) >= 11 is 1.29. The number of aliphatic hydroxyl groups is 2. The maximum atomic E-state index is 13.8. The molecule has 0 saturated carbocycles. The van der Waals surface area contributed by atoms with E-state index in [1.54, 1.807) is 25.1 Å². The summed E-state index contributed by atoms with van der Waals surface area (Å²) in [4.78, 5) is 48.0. The lowest BCUT2D eigenvalue weighted by Gasteiger charge is -2.56. The van der Waals surface area contributed by atoms with Gasteiger partial charge in [-0.1, -0.05) is 31.6 Å². The van der Waals surface area contributed by atoms with Crippen LogP contribution in [0.2, 0.25) is 0 Å². The van der Waals surface area contributed by atoms with Gasteiger partial charge in [-0.15, -0.1) is 11.3 Å². The number of thiophene rings is 1. The van der Waals surface area contributed by atoms with Crippen LogP contribution in [0, 0.1) is 11.3 Å². The molecule has 0 aromatic carbocycles. The summed E-state index contributed by atoms with van der Waals surface area (Å²) < 4.78 is 0. The quantitative estimate of drug-likeness (QED) is 0.669. The predicted molar refractivity (Wildman–Crippen MR) is 128 cm³/mol. The molecule has 0 radical (unpaired) electrons. The van der Waals surface area contributed by atoms with Gasteiger partial charge in [0.15, 0.2) is 17.2 Å². The fourth-order valence-electron chi connectivity index (χ4n) is 6.70. The number of Topliss-reactive ketones (excluding diaryl/α,β-unsaturated/α-hetero) is 1. The van der Waals surface area contributed by atoms with E-state index in [1.807, 2.05) is 12.3 Å². The lowest BCUT2D eigenvalue weighted by atomic mass is 9.52. The summed E-state index contributed by atoms with van der Waals surface area (Å²) in [5, 5.41) is 24.1. The van der Waals surface area contributed by atoms with Crippen molar-refractivity contribution in [2.45, 2.75) is 57.7 Å². The maximum absolute atomic E-state index is 13.8. The number of hydrogen-bond acceptors (Lipinski definition) is 7. The summed E-state index contributed by atoms with van der Waals surface area (Å²) in [6.07, 6.45) is 5.66. The van der Waals surface area contributed by atoms with Crippen molar-refractivity contribution in [1.29, 1.82) is 0 Å². The Morgan fingerprint density at radius 3 is 2.77 bits per heavy atom.